The van der Waals surface area contributed by atoms with Crippen molar-refractivity contribution in [2.24, 2.45) is 0 Å². The number of oxazole rings is 1. The van der Waals surface area contributed by atoms with Crippen LogP contribution in [-0.4, -0.2) is 27.6 Å². The molecule has 0 radical (unpaired) electrons. The van der Waals surface area contributed by atoms with Crippen LogP contribution in [0.2, 0.25) is 0 Å². The van der Waals surface area contributed by atoms with Crippen LogP contribution in [0.4, 0.5) is 5.69 Å². The number of hydrogen-bond donors (Lipinski definition) is 2. The summed E-state index contributed by atoms with van der Waals surface area (Å²) in [6, 6.07) is 13.4. The number of benzene rings is 2. The van der Waals surface area contributed by atoms with E-state index >= 15 is 0 Å². The number of anilines is 1. The highest BCUT2D eigenvalue weighted by Gasteiger charge is 2.14. The average Bonchev–Trinajstić information content (AvgIpc) is 3.18. The van der Waals surface area contributed by atoms with Gasteiger partial charge in [0.15, 0.2) is 5.58 Å². The molecule has 0 spiro atoms. The smallest absolute Gasteiger partial charge is 0.255 e. The lowest BCUT2D eigenvalue weighted by molar-refractivity contribution is 0.102. The number of nitrogens with zero attached hydrogens (tertiary/aromatic N) is 2. The van der Waals surface area contributed by atoms with Crippen LogP contribution in [0.5, 0.6) is 11.5 Å². The van der Waals surface area contributed by atoms with Gasteiger partial charge >= 0.3 is 0 Å². The van der Waals surface area contributed by atoms with E-state index in [9.17, 15) is 9.90 Å². The first kappa shape index (κ1) is 19.4. The largest absolute Gasteiger partial charge is 0.507 e. The van der Waals surface area contributed by atoms with E-state index in [1.54, 1.807) is 54.9 Å². The molecule has 0 fully saturated rings. The Morgan fingerprint density at radius 1 is 1.17 bits per heavy atom. The Morgan fingerprint density at radius 3 is 2.73 bits per heavy atom. The van der Waals surface area contributed by atoms with E-state index in [0.29, 0.717) is 34.5 Å². The number of nitrogens with one attached hydrogen (secondary N) is 1. The summed E-state index contributed by atoms with van der Waals surface area (Å²) in [4.78, 5) is 20.8. The van der Waals surface area contributed by atoms with Crippen LogP contribution < -0.4 is 10.1 Å². The fourth-order valence-corrected chi connectivity index (χ4v) is 2.93. The van der Waals surface area contributed by atoms with Gasteiger partial charge in [-0.15, -0.1) is 0 Å². The van der Waals surface area contributed by atoms with Crippen molar-refractivity contribution in [1.82, 2.24) is 9.97 Å². The van der Waals surface area contributed by atoms with E-state index in [2.05, 4.69) is 22.2 Å². The molecule has 2 heterocycles. The van der Waals surface area contributed by atoms with E-state index in [1.165, 1.54) is 6.07 Å². The number of carbonyl (C=O) groups excluding carboxylic acids is 1. The molecule has 0 saturated carbocycles. The Morgan fingerprint density at radius 2 is 2.00 bits per heavy atom. The zero-order valence-corrected chi connectivity index (χ0v) is 16.5. The summed E-state index contributed by atoms with van der Waals surface area (Å²) in [7, 11) is 0. The molecule has 0 bridgehead atoms. The molecule has 7 nitrogen and oxygen atoms in total. The highest BCUT2D eigenvalue weighted by molar-refractivity contribution is 6.04. The number of rotatable bonds is 7. The number of ether oxygens (including phenoxy) is 1. The molecular weight excluding hydrogens is 382 g/mol. The molecule has 0 aliphatic carbocycles. The summed E-state index contributed by atoms with van der Waals surface area (Å²) in [5.41, 5.74) is 2.57. The highest BCUT2D eigenvalue weighted by atomic mass is 16.5. The van der Waals surface area contributed by atoms with Crippen molar-refractivity contribution in [2.75, 3.05) is 11.9 Å². The standard InChI is InChI=1S/C23H21N3O4/c1-2-3-12-29-17-7-4-15(5-8-17)22(28)25-16-6-9-18(20(27)13-16)23-26-19-14-24-11-10-21(19)30-23/h4-11,13-14,27H,2-3,12H2,1H3,(H,25,28). The minimum atomic E-state index is -0.282. The first-order valence-corrected chi connectivity index (χ1v) is 9.72. The molecule has 4 aromatic rings. The Bertz CT molecular complexity index is 1140. The molecular formula is C23H21N3O4. The molecule has 0 atom stereocenters. The molecule has 1 amide bonds. The number of phenolic OH excluding ortho intramolecular Hbond substituents is 1. The first-order chi connectivity index (χ1) is 14.6. The van der Waals surface area contributed by atoms with Crippen LogP contribution in [-0.2, 0) is 0 Å². The van der Waals surface area contributed by atoms with Gasteiger partial charge in [-0.3, -0.25) is 9.78 Å². The minimum Gasteiger partial charge on any atom is -0.507 e. The van der Waals surface area contributed by atoms with E-state index in [0.717, 1.165) is 18.6 Å². The van der Waals surface area contributed by atoms with Gasteiger partial charge in [0, 0.05) is 29.6 Å². The Hall–Kier alpha value is -3.87. The van der Waals surface area contributed by atoms with Gasteiger partial charge in [0.1, 0.15) is 17.0 Å². The number of fused-ring (bicyclic) bond motifs is 1. The van der Waals surface area contributed by atoms with Crippen LogP contribution in [0.1, 0.15) is 30.1 Å². The second-order valence-corrected chi connectivity index (χ2v) is 6.77. The van der Waals surface area contributed by atoms with Crippen molar-refractivity contribution in [3.8, 4) is 23.0 Å². The molecule has 0 aliphatic heterocycles. The predicted molar refractivity (Wildman–Crippen MR) is 114 cm³/mol. The van der Waals surface area contributed by atoms with E-state index in [1.807, 2.05) is 0 Å². The Balaban J connectivity index is 1.46. The molecule has 0 saturated heterocycles. The van der Waals surface area contributed by atoms with Crippen molar-refractivity contribution in [3.63, 3.8) is 0 Å². The predicted octanol–water partition coefficient (Wildman–Crippen LogP) is 5.03. The van der Waals surface area contributed by atoms with Crippen molar-refractivity contribution in [1.29, 1.82) is 0 Å². The van der Waals surface area contributed by atoms with Crippen LogP contribution in [0, 0.1) is 0 Å². The quantitative estimate of drug-likeness (QED) is 0.420. The van der Waals surface area contributed by atoms with E-state index in [-0.39, 0.29) is 17.5 Å². The van der Waals surface area contributed by atoms with Gasteiger partial charge in [-0.05, 0) is 42.8 Å². The summed E-state index contributed by atoms with van der Waals surface area (Å²) in [6.07, 6.45) is 5.26. The second kappa shape index (κ2) is 8.65. The van der Waals surface area contributed by atoms with Gasteiger partial charge in [0.2, 0.25) is 5.89 Å². The third-order valence-electron chi connectivity index (χ3n) is 4.56. The average molecular weight is 403 g/mol. The summed E-state index contributed by atoms with van der Waals surface area (Å²) in [5, 5.41) is 13.2. The van der Waals surface area contributed by atoms with Gasteiger partial charge in [0.05, 0.1) is 18.4 Å². The normalized spacial score (nSPS) is 10.8. The van der Waals surface area contributed by atoms with Gasteiger partial charge in [0.25, 0.3) is 5.91 Å². The van der Waals surface area contributed by atoms with Gasteiger partial charge < -0.3 is 19.6 Å². The number of hydrogen-bond acceptors (Lipinski definition) is 6. The van der Waals surface area contributed by atoms with Crippen molar-refractivity contribution in [3.05, 3.63) is 66.5 Å². The molecule has 4 rings (SSSR count). The zero-order chi connectivity index (χ0) is 20.9. The van der Waals surface area contributed by atoms with Crippen LogP contribution in [0.3, 0.4) is 0 Å². The maximum Gasteiger partial charge on any atom is 0.255 e. The van der Waals surface area contributed by atoms with E-state index < -0.39 is 0 Å². The molecule has 2 N–H and O–H groups in total. The lowest BCUT2D eigenvalue weighted by Crippen LogP contribution is -2.11. The number of pyridine rings is 1. The van der Waals surface area contributed by atoms with Crippen LogP contribution >= 0.6 is 0 Å². The second-order valence-electron chi connectivity index (χ2n) is 6.77. The fourth-order valence-electron chi connectivity index (χ4n) is 2.93. The van der Waals surface area contributed by atoms with Gasteiger partial charge in [-0.2, -0.15) is 0 Å². The third kappa shape index (κ3) is 4.25. The number of phenols is 1. The lowest BCUT2D eigenvalue weighted by atomic mass is 10.1. The zero-order valence-electron chi connectivity index (χ0n) is 16.5. The number of aromatic nitrogens is 2. The third-order valence-corrected chi connectivity index (χ3v) is 4.56. The summed E-state index contributed by atoms with van der Waals surface area (Å²) in [5.74, 6) is 0.685. The molecule has 30 heavy (non-hydrogen) atoms. The van der Waals surface area contributed by atoms with E-state index in [4.69, 9.17) is 9.15 Å². The Labute approximate surface area is 173 Å². The molecule has 0 unspecified atom stereocenters. The summed E-state index contributed by atoms with van der Waals surface area (Å²) >= 11 is 0. The maximum absolute atomic E-state index is 12.5. The van der Waals surface area contributed by atoms with Crippen LogP contribution in [0.15, 0.2) is 65.3 Å². The van der Waals surface area contributed by atoms with Crippen molar-refractivity contribution in [2.45, 2.75) is 19.8 Å². The van der Waals surface area contributed by atoms with Gasteiger partial charge in [-0.25, -0.2) is 4.98 Å². The monoisotopic (exact) mass is 403 g/mol. The minimum absolute atomic E-state index is 0.0491. The molecule has 152 valence electrons. The fraction of sp³-hybridized carbons (Fsp3) is 0.174. The number of carbonyl (C=O) groups is 1. The molecule has 7 heteroatoms. The highest BCUT2D eigenvalue weighted by Crippen LogP contribution is 2.33. The number of amides is 1. The SMILES string of the molecule is CCCCOc1ccc(C(=O)Nc2ccc(-c3nc4cnccc4o3)c(O)c2)cc1. The number of aromatic hydroxyl groups is 1. The first-order valence-electron chi connectivity index (χ1n) is 9.72. The number of unbranched alkanes of at least 4 members (excludes halogenated alkanes) is 1. The summed E-state index contributed by atoms with van der Waals surface area (Å²) in [6.45, 7) is 2.76. The van der Waals surface area contributed by atoms with Crippen molar-refractivity contribution < 1.29 is 19.1 Å². The maximum atomic E-state index is 12.5. The summed E-state index contributed by atoms with van der Waals surface area (Å²) < 4.78 is 11.3. The Kier molecular flexibility index (Phi) is 5.61. The van der Waals surface area contributed by atoms with Crippen LogP contribution in [0.25, 0.3) is 22.6 Å². The molecule has 2 aromatic heterocycles. The lowest BCUT2D eigenvalue weighted by Gasteiger charge is -2.09. The van der Waals surface area contributed by atoms with Gasteiger partial charge in [-0.1, -0.05) is 13.3 Å². The van der Waals surface area contributed by atoms with Crippen molar-refractivity contribution >= 4 is 22.7 Å². The topological polar surface area (TPSA) is 97.5 Å². The molecule has 2 aromatic carbocycles. The molecule has 0 aliphatic rings.